The van der Waals surface area contributed by atoms with Crippen molar-refractivity contribution in [2.75, 3.05) is 32.8 Å². The maximum Gasteiger partial charge on any atom is 0.119 e. The fourth-order valence-corrected chi connectivity index (χ4v) is 2.20. The van der Waals surface area contributed by atoms with E-state index in [4.69, 9.17) is 9.47 Å². The Morgan fingerprint density at radius 1 is 1.42 bits per heavy atom. The Morgan fingerprint density at radius 2 is 2.16 bits per heavy atom. The van der Waals surface area contributed by atoms with Gasteiger partial charge in [0.05, 0.1) is 12.7 Å². The number of benzene rings is 1. The standard InChI is InChI=1S/C15H23NO3/c1-3-16-8-9-18-15(10-16)11-19-14-6-4-13(5-7-14)12(2)17/h4-7,12,15,17H,3,8-11H2,1-2H3. The van der Waals surface area contributed by atoms with Crippen molar-refractivity contribution < 1.29 is 14.6 Å². The molecule has 1 aromatic rings. The van der Waals surface area contributed by atoms with Crippen LogP contribution in [-0.4, -0.2) is 49.0 Å². The Morgan fingerprint density at radius 3 is 2.79 bits per heavy atom. The Bertz CT molecular complexity index is 377. The first-order chi connectivity index (χ1) is 9.19. The van der Waals surface area contributed by atoms with E-state index < -0.39 is 6.10 Å². The molecule has 0 bridgehead atoms. The lowest BCUT2D eigenvalue weighted by Gasteiger charge is -2.31. The van der Waals surface area contributed by atoms with Crippen molar-refractivity contribution in [3.8, 4) is 5.75 Å². The Balaban J connectivity index is 1.81. The number of aliphatic hydroxyl groups is 1. The van der Waals surface area contributed by atoms with E-state index in [0.717, 1.165) is 37.6 Å². The quantitative estimate of drug-likeness (QED) is 0.882. The van der Waals surface area contributed by atoms with Crippen LogP contribution in [0.15, 0.2) is 24.3 Å². The lowest BCUT2D eigenvalue weighted by molar-refractivity contribution is -0.0464. The Kier molecular flexibility index (Phi) is 5.19. The molecule has 0 amide bonds. The van der Waals surface area contributed by atoms with Gasteiger partial charge < -0.3 is 14.6 Å². The third-order valence-corrected chi connectivity index (χ3v) is 3.47. The second-order valence-electron chi connectivity index (χ2n) is 4.94. The summed E-state index contributed by atoms with van der Waals surface area (Å²) in [6.07, 6.45) is -0.293. The second kappa shape index (κ2) is 6.89. The zero-order chi connectivity index (χ0) is 13.7. The van der Waals surface area contributed by atoms with E-state index in [1.54, 1.807) is 6.92 Å². The molecule has 0 radical (unpaired) electrons. The van der Waals surface area contributed by atoms with Crippen LogP contribution in [-0.2, 0) is 4.74 Å². The summed E-state index contributed by atoms with van der Waals surface area (Å²) in [5.74, 6) is 0.821. The molecule has 4 nitrogen and oxygen atoms in total. The average molecular weight is 265 g/mol. The highest BCUT2D eigenvalue weighted by molar-refractivity contribution is 5.28. The second-order valence-corrected chi connectivity index (χ2v) is 4.94. The number of hydrogen-bond acceptors (Lipinski definition) is 4. The van der Waals surface area contributed by atoms with E-state index in [1.807, 2.05) is 24.3 Å². The molecule has 2 unspecified atom stereocenters. The van der Waals surface area contributed by atoms with E-state index >= 15 is 0 Å². The van der Waals surface area contributed by atoms with E-state index in [9.17, 15) is 5.11 Å². The summed E-state index contributed by atoms with van der Waals surface area (Å²) in [6.45, 7) is 8.28. The van der Waals surface area contributed by atoms with Gasteiger partial charge in [0.2, 0.25) is 0 Å². The monoisotopic (exact) mass is 265 g/mol. The summed E-state index contributed by atoms with van der Waals surface area (Å²) in [6, 6.07) is 7.56. The van der Waals surface area contributed by atoms with Crippen molar-refractivity contribution in [1.82, 2.24) is 4.90 Å². The fraction of sp³-hybridized carbons (Fsp3) is 0.600. The number of likely N-dealkylation sites (N-methyl/N-ethyl adjacent to an activating group) is 1. The van der Waals surface area contributed by atoms with Crippen LogP contribution in [0.5, 0.6) is 5.75 Å². The highest BCUT2D eigenvalue weighted by Gasteiger charge is 2.19. The number of aliphatic hydroxyl groups excluding tert-OH is 1. The third kappa shape index (κ3) is 4.20. The van der Waals surface area contributed by atoms with Crippen LogP contribution in [0.3, 0.4) is 0 Å². The molecule has 0 aromatic heterocycles. The number of nitrogens with zero attached hydrogens (tertiary/aromatic N) is 1. The Hall–Kier alpha value is -1.10. The summed E-state index contributed by atoms with van der Waals surface area (Å²) in [7, 11) is 0. The number of morpholine rings is 1. The van der Waals surface area contributed by atoms with Gasteiger partial charge in [0.25, 0.3) is 0 Å². The highest BCUT2D eigenvalue weighted by Crippen LogP contribution is 2.18. The van der Waals surface area contributed by atoms with Crippen molar-refractivity contribution in [1.29, 1.82) is 0 Å². The average Bonchev–Trinajstić information content (AvgIpc) is 2.46. The molecule has 1 N–H and O–H groups in total. The summed E-state index contributed by atoms with van der Waals surface area (Å²) in [5.41, 5.74) is 0.901. The zero-order valence-electron chi connectivity index (χ0n) is 11.7. The van der Waals surface area contributed by atoms with Gasteiger partial charge in [-0.3, -0.25) is 4.90 Å². The van der Waals surface area contributed by atoms with Crippen molar-refractivity contribution in [2.24, 2.45) is 0 Å². The summed E-state index contributed by atoms with van der Waals surface area (Å²) in [4.78, 5) is 2.37. The van der Waals surface area contributed by atoms with E-state index in [1.165, 1.54) is 0 Å². The molecule has 1 aliphatic rings. The van der Waals surface area contributed by atoms with Gasteiger partial charge in [0.15, 0.2) is 0 Å². The van der Waals surface area contributed by atoms with Crippen LogP contribution in [0.2, 0.25) is 0 Å². The van der Waals surface area contributed by atoms with Crippen LogP contribution >= 0.6 is 0 Å². The minimum absolute atomic E-state index is 0.144. The molecular weight excluding hydrogens is 242 g/mol. The molecule has 0 aliphatic carbocycles. The van der Waals surface area contributed by atoms with Gasteiger partial charge in [0.1, 0.15) is 18.5 Å². The lowest BCUT2D eigenvalue weighted by atomic mass is 10.1. The van der Waals surface area contributed by atoms with Gasteiger partial charge in [-0.15, -0.1) is 0 Å². The van der Waals surface area contributed by atoms with Gasteiger partial charge in [-0.25, -0.2) is 0 Å². The van der Waals surface area contributed by atoms with Crippen molar-refractivity contribution in [3.63, 3.8) is 0 Å². The first kappa shape index (κ1) is 14.3. The zero-order valence-corrected chi connectivity index (χ0v) is 11.7. The molecule has 2 rings (SSSR count). The normalized spacial score (nSPS) is 22.2. The lowest BCUT2D eigenvalue weighted by Crippen LogP contribution is -2.44. The highest BCUT2D eigenvalue weighted by atomic mass is 16.5. The van der Waals surface area contributed by atoms with E-state index in [0.29, 0.717) is 6.61 Å². The minimum Gasteiger partial charge on any atom is -0.491 e. The summed E-state index contributed by atoms with van der Waals surface area (Å²) < 4.78 is 11.4. The van der Waals surface area contributed by atoms with Crippen LogP contribution < -0.4 is 4.74 Å². The summed E-state index contributed by atoms with van der Waals surface area (Å²) in [5, 5.41) is 9.44. The number of hydrogen-bond donors (Lipinski definition) is 1. The topological polar surface area (TPSA) is 41.9 Å². The molecule has 1 saturated heterocycles. The first-order valence-electron chi connectivity index (χ1n) is 6.94. The number of rotatable bonds is 5. The van der Waals surface area contributed by atoms with Gasteiger partial charge in [-0.2, -0.15) is 0 Å². The molecule has 106 valence electrons. The van der Waals surface area contributed by atoms with Crippen LogP contribution in [0.1, 0.15) is 25.5 Å². The van der Waals surface area contributed by atoms with Crippen LogP contribution in [0.25, 0.3) is 0 Å². The van der Waals surface area contributed by atoms with Crippen LogP contribution in [0.4, 0.5) is 0 Å². The van der Waals surface area contributed by atoms with Crippen molar-refractivity contribution in [3.05, 3.63) is 29.8 Å². The van der Waals surface area contributed by atoms with E-state index in [-0.39, 0.29) is 6.10 Å². The maximum absolute atomic E-state index is 9.44. The molecule has 4 heteroatoms. The molecule has 19 heavy (non-hydrogen) atoms. The number of ether oxygens (including phenoxy) is 2. The van der Waals surface area contributed by atoms with Gasteiger partial charge in [-0.1, -0.05) is 19.1 Å². The van der Waals surface area contributed by atoms with E-state index in [2.05, 4.69) is 11.8 Å². The SMILES string of the molecule is CCN1CCOC(COc2ccc(C(C)O)cc2)C1. The van der Waals surface area contributed by atoms with Crippen molar-refractivity contribution in [2.45, 2.75) is 26.1 Å². The molecule has 1 fully saturated rings. The molecular formula is C15H23NO3. The smallest absolute Gasteiger partial charge is 0.119 e. The molecule has 2 atom stereocenters. The molecule has 1 aliphatic heterocycles. The van der Waals surface area contributed by atoms with Gasteiger partial charge in [0, 0.05) is 13.1 Å². The predicted octanol–water partition coefficient (Wildman–Crippen LogP) is 1.84. The predicted molar refractivity (Wildman–Crippen MR) is 74.4 cm³/mol. The fourth-order valence-electron chi connectivity index (χ4n) is 2.20. The van der Waals surface area contributed by atoms with Gasteiger partial charge >= 0.3 is 0 Å². The molecule has 0 saturated carbocycles. The largest absolute Gasteiger partial charge is 0.491 e. The molecule has 1 aromatic carbocycles. The third-order valence-electron chi connectivity index (χ3n) is 3.47. The first-order valence-corrected chi connectivity index (χ1v) is 6.94. The Labute approximate surface area is 114 Å². The maximum atomic E-state index is 9.44. The van der Waals surface area contributed by atoms with Crippen LogP contribution in [0, 0.1) is 0 Å². The van der Waals surface area contributed by atoms with Crippen molar-refractivity contribution >= 4 is 0 Å². The summed E-state index contributed by atoms with van der Waals surface area (Å²) >= 11 is 0. The minimum atomic E-state index is -0.436. The molecule has 0 spiro atoms. The molecule has 1 heterocycles. The van der Waals surface area contributed by atoms with Gasteiger partial charge in [-0.05, 0) is 31.2 Å².